The van der Waals surface area contributed by atoms with Crippen molar-refractivity contribution in [2.24, 2.45) is 0 Å². The number of alkyl halides is 3. The summed E-state index contributed by atoms with van der Waals surface area (Å²) in [5.74, 6) is 0.502. The molecule has 0 saturated heterocycles. The van der Waals surface area contributed by atoms with Gasteiger partial charge in [0, 0.05) is 21.8 Å². The number of ether oxygens (including phenoxy) is 1. The highest BCUT2D eigenvalue weighted by Crippen LogP contribution is 2.30. The number of anilines is 1. The summed E-state index contributed by atoms with van der Waals surface area (Å²) in [5, 5.41) is 7.54. The smallest absolute Gasteiger partial charge is 0.416 e. The Hall–Kier alpha value is -3.30. The maximum Gasteiger partial charge on any atom is 0.416 e. The Morgan fingerprint density at radius 2 is 1.81 bits per heavy atom. The summed E-state index contributed by atoms with van der Waals surface area (Å²) < 4.78 is 47.1. The Morgan fingerprint density at radius 3 is 2.50 bits per heavy atom. The van der Waals surface area contributed by atoms with Crippen LogP contribution in [0.15, 0.2) is 77.3 Å². The standard InChI is InChI=1S/C26H20BrClF3N3O2/c1-16-11-24(33-34(16)14-18-3-2-4-20(12-18)26(29,30)31)32-25(35)19-7-5-17(6-8-19)15-36-23-10-9-21(27)13-22(23)28/h2-13H,14-15H2,1H3,(H,32,33,35). The van der Waals surface area contributed by atoms with Gasteiger partial charge in [0.2, 0.25) is 0 Å². The van der Waals surface area contributed by atoms with Crippen molar-refractivity contribution < 1.29 is 22.7 Å². The van der Waals surface area contributed by atoms with Gasteiger partial charge in [-0.2, -0.15) is 18.3 Å². The van der Waals surface area contributed by atoms with E-state index in [2.05, 4.69) is 26.3 Å². The van der Waals surface area contributed by atoms with E-state index in [1.165, 1.54) is 6.07 Å². The van der Waals surface area contributed by atoms with Crippen molar-refractivity contribution in [2.45, 2.75) is 26.3 Å². The zero-order valence-electron chi connectivity index (χ0n) is 18.9. The normalized spacial score (nSPS) is 11.4. The third kappa shape index (κ3) is 6.47. The number of carbonyl (C=O) groups excluding carboxylic acids is 1. The van der Waals surface area contributed by atoms with Gasteiger partial charge in [0.05, 0.1) is 17.1 Å². The van der Waals surface area contributed by atoms with E-state index in [1.54, 1.807) is 60.1 Å². The minimum Gasteiger partial charge on any atom is -0.487 e. The molecule has 36 heavy (non-hydrogen) atoms. The second-order valence-electron chi connectivity index (χ2n) is 8.04. The van der Waals surface area contributed by atoms with Gasteiger partial charge >= 0.3 is 6.18 Å². The molecular formula is C26H20BrClF3N3O2. The van der Waals surface area contributed by atoms with Crippen LogP contribution in [0.3, 0.4) is 0 Å². The van der Waals surface area contributed by atoms with E-state index < -0.39 is 11.7 Å². The lowest BCUT2D eigenvalue weighted by molar-refractivity contribution is -0.137. The quantitative estimate of drug-likeness (QED) is 0.247. The molecule has 0 atom stereocenters. The molecule has 4 aromatic rings. The van der Waals surface area contributed by atoms with Crippen LogP contribution in [0.5, 0.6) is 5.75 Å². The zero-order chi connectivity index (χ0) is 25.9. The van der Waals surface area contributed by atoms with E-state index in [0.29, 0.717) is 33.4 Å². The first kappa shape index (κ1) is 25.8. The number of aryl methyl sites for hydroxylation is 1. The number of carbonyl (C=O) groups is 1. The summed E-state index contributed by atoms with van der Waals surface area (Å²) in [7, 11) is 0. The van der Waals surface area contributed by atoms with Gasteiger partial charge in [0.15, 0.2) is 5.82 Å². The van der Waals surface area contributed by atoms with Crippen LogP contribution >= 0.6 is 27.5 Å². The summed E-state index contributed by atoms with van der Waals surface area (Å²) in [4.78, 5) is 12.7. The Balaban J connectivity index is 1.37. The first-order valence-corrected chi connectivity index (χ1v) is 11.9. The van der Waals surface area contributed by atoms with Crippen molar-refractivity contribution in [3.05, 3.63) is 110 Å². The first-order valence-electron chi connectivity index (χ1n) is 10.8. The van der Waals surface area contributed by atoms with E-state index in [9.17, 15) is 18.0 Å². The fraction of sp³-hybridized carbons (Fsp3) is 0.154. The van der Waals surface area contributed by atoms with Crippen molar-refractivity contribution in [1.82, 2.24) is 9.78 Å². The predicted octanol–water partition coefficient (Wildman–Crippen LogP) is 7.51. The summed E-state index contributed by atoms with van der Waals surface area (Å²) in [6, 6.07) is 19.0. The molecule has 0 aliphatic heterocycles. The monoisotopic (exact) mass is 577 g/mol. The number of amides is 1. The molecule has 0 bridgehead atoms. The number of hydrogen-bond donors (Lipinski definition) is 1. The lowest BCUT2D eigenvalue weighted by atomic mass is 10.1. The van der Waals surface area contributed by atoms with Crippen LogP contribution in [0.2, 0.25) is 5.02 Å². The predicted molar refractivity (Wildman–Crippen MR) is 135 cm³/mol. The first-order chi connectivity index (χ1) is 17.1. The molecule has 0 aliphatic carbocycles. The average Bonchev–Trinajstić information content (AvgIpc) is 3.16. The van der Waals surface area contributed by atoms with Crippen molar-refractivity contribution >= 4 is 39.3 Å². The SMILES string of the molecule is Cc1cc(NC(=O)c2ccc(COc3ccc(Br)cc3Cl)cc2)nn1Cc1cccc(C(F)(F)F)c1. The number of aromatic nitrogens is 2. The van der Waals surface area contributed by atoms with Crippen LogP contribution in [0.4, 0.5) is 19.0 Å². The lowest BCUT2D eigenvalue weighted by Crippen LogP contribution is -2.13. The fourth-order valence-corrected chi connectivity index (χ4v) is 4.17. The molecular weight excluding hydrogens is 559 g/mol. The number of nitrogens with one attached hydrogen (secondary N) is 1. The molecule has 0 radical (unpaired) electrons. The molecule has 5 nitrogen and oxygen atoms in total. The van der Waals surface area contributed by atoms with Crippen LogP contribution in [0, 0.1) is 6.92 Å². The Morgan fingerprint density at radius 1 is 1.06 bits per heavy atom. The second-order valence-corrected chi connectivity index (χ2v) is 9.36. The summed E-state index contributed by atoms with van der Waals surface area (Å²) in [5.41, 5.74) is 1.71. The van der Waals surface area contributed by atoms with Gasteiger partial charge in [-0.05, 0) is 60.5 Å². The number of rotatable bonds is 7. The summed E-state index contributed by atoms with van der Waals surface area (Å²) in [6.45, 7) is 2.19. The molecule has 0 saturated carbocycles. The molecule has 1 heterocycles. The summed E-state index contributed by atoms with van der Waals surface area (Å²) in [6.07, 6.45) is -4.41. The molecule has 0 spiro atoms. The second kappa shape index (κ2) is 10.8. The van der Waals surface area contributed by atoms with Gasteiger partial charge in [-0.25, -0.2) is 0 Å². The highest BCUT2D eigenvalue weighted by atomic mass is 79.9. The topological polar surface area (TPSA) is 56.1 Å². The Labute approximate surface area is 219 Å². The maximum absolute atomic E-state index is 13.0. The van der Waals surface area contributed by atoms with E-state index in [4.69, 9.17) is 16.3 Å². The zero-order valence-corrected chi connectivity index (χ0v) is 21.3. The van der Waals surface area contributed by atoms with Crippen LogP contribution < -0.4 is 10.1 Å². The number of halogens is 5. The van der Waals surface area contributed by atoms with E-state index in [0.717, 1.165) is 22.2 Å². The molecule has 1 aromatic heterocycles. The molecule has 1 N–H and O–H groups in total. The van der Waals surface area contributed by atoms with Crippen LogP contribution in [-0.2, 0) is 19.3 Å². The molecule has 3 aromatic carbocycles. The third-order valence-corrected chi connectivity index (χ3v) is 6.10. The van der Waals surface area contributed by atoms with Crippen LogP contribution in [-0.4, -0.2) is 15.7 Å². The van der Waals surface area contributed by atoms with Gasteiger partial charge in [0.25, 0.3) is 5.91 Å². The Kier molecular flexibility index (Phi) is 7.70. The van der Waals surface area contributed by atoms with E-state index in [1.807, 2.05) is 6.07 Å². The highest BCUT2D eigenvalue weighted by Gasteiger charge is 2.30. The van der Waals surface area contributed by atoms with E-state index in [-0.39, 0.29) is 19.1 Å². The molecule has 1 amide bonds. The minimum absolute atomic E-state index is 0.142. The van der Waals surface area contributed by atoms with Crippen molar-refractivity contribution in [2.75, 3.05) is 5.32 Å². The minimum atomic E-state index is -4.41. The lowest BCUT2D eigenvalue weighted by Gasteiger charge is -2.10. The largest absolute Gasteiger partial charge is 0.487 e. The van der Waals surface area contributed by atoms with Crippen molar-refractivity contribution in [3.63, 3.8) is 0 Å². The number of hydrogen-bond acceptors (Lipinski definition) is 3. The van der Waals surface area contributed by atoms with Gasteiger partial charge in [-0.3, -0.25) is 9.48 Å². The number of nitrogens with zero attached hydrogens (tertiary/aromatic N) is 2. The molecule has 0 unspecified atom stereocenters. The van der Waals surface area contributed by atoms with Gasteiger partial charge in [-0.1, -0.05) is 51.8 Å². The van der Waals surface area contributed by atoms with Crippen molar-refractivity contribution in [1.29, 1.82) is 0 Å². The molecule has 10 heteroatoms. The van der Waals surface area contributed by atoms with Gasteiger partial charge in [-0.15, -0.1) is 0 Å². The molecule has 4 rings (SSSR count). The average molecular weight is 579 g/mol. The maximum atomic E-state index is 13.0. The van der Waals surface area contributed by atoms with Crippen LogP contribution in [0.1, 0.15) is 32.7 Å². The third-order valence-electron chi connectivity index (χ3n) is 5.31. The molecule has 186 valence electrons. The molecule has 0 fully saturated rings. The highest BCUT2D eigenvalue weighted by molar-refractivity contribution is 9.10. The van der Waals surface area contributed by atoms with Crippen molar-refractivity contribution in [3.8, 4) is 5.75 Å². The van der Waals surface area contributed by atoms with Crippen LogP contribution in [0.25, 0.3) is 0 Å². The van der Waals surface area contributed by atoms with E-state index >= 15 is 0 Å². The summed E-state index contributed by atoms with van der Waals surface area (Å²) >= 11 is 9.51. The molecule has 0 aliphatic rings. The number of benzene rings is 3. The Bertz CT molecular complexity index is 1390. The fourth-order valence-electron chi connectivity index (χ4n) is 3.44. The van der Waals surface area contributed by atoms with Gasteiger partial charge in [0.1, 0.15) is 12.4 Å². The van der Waals surface area contributed by atoms with Gasteiger partial charge < -0.3 is 10.1 Å².